The van der Waals surface area contributed by atoms with Gasteiger partial charge in [-0.15, -0.1) is 0 Å². The molecule has 0 aliphatic carbocycles. The average molecular weight is 304 g/mol. The average Bonchev–Trinajstić information content (AvgIpc) is 2.61. The van der Waals surface area contributed by atoms with E-state index in [1.807, 2.05) is 12.1 Å². The van der Waals surface area contributed by atoms with Crippen molar-refractivity contribution in [1.82, 2.24) is 0 Å². The Hall–Kier alpha value is -2.33. The van der Waals surface area contributed by atoms with Crippen LogP contribution in [0.25, 0.3) is 0 Å². The zero-order valence-corrected chi connectivity index (χ0v) is 14.0. The standard InChI is InChI=1S/C22H24O/c1-3-4-5-6-18(2)22-15-13-20(14-16-22)8-7-19-9-11-21(17-23)12-10-19/h9-18H,3-6H2,1-2H3. The summed E-state index contributed by atoms with van der Waals surface area (Å²) in [7, 11) is 0. The molecule has 0 saturated heterocycles. The summed E-state index contributed by atoms with van der Waals surface area (Å²) in [6.45, 7) is 4.54. The van der Waals surface area contributed by atoms with Gasteiger partial charge >= 0.3 is 0 Å². The second kappa shape index (κ2) is 8.96. The number of carbonyl (C=O) groups excluding carboxylic acids is 1. The Morgan fingerprint density at radius 2 is 1.48 bits per heavy atom. The zero-order chi connectivity index (χ0) is 16.5. The van der Waals surface area contributed by atoms with E-state index in [0.29, 0.717) is 11.5 Å². The monoisotopic (exact) mass is 304 g/mol. The van der Waals surface area contributed by atoms with Gasteiger partial charge in [0.2, 0.25) is 0 Å². The van der Waals surface area contributed by atoms with Gasteiger partial charge in [0.15, 0.2) is 0 Å². The van der Waals surface area contributed by atoms with E-state index in [4.69, 9.17) is 0 Å². The highest BCUT2D eigenvalue weighted by molar-refractivity contribution is 5.74. The van der Waals surface area contributed by atoms with Crippen LogP contribution in [0.4, 0.5) is 0 Å². The molecule has 0 saturated carbocycles. The second-order valence-corrected chi connectivity index (χ2v) is 6.01. The van der Waals surface area contributed by atoms with Crippen LogP contribution in [0.15, 0.2) is 48.5 Å². The van der Waals surface area contributed by atoms with Crippen LogP contribution in [-0.4, -0.2) is 6.29 Å². The van der Waals surface area contributed by atoms with Gasteiger partial charge in [-0.1, -0.05) is 69.2 Å². The van der Waals surface area contributed by atoms with Crippen LogP contribution in [-0.2, 0) is 0 Å². The number of unbranched alkanes of at least 4 members (excludes halogenated alkanes) is 2. The molecular weight excluding hydrogens is 280 g/mol. The first-order chi connectivity index (χ1) is 11.2. The van der Waals surface area contributed by atoms with E-state index >= 15 is 0 Å². The molecule has 1 unspecified atom stereocenters. The quantitative estimate of drug-likeness (QED) is 0.386. The number of hydrogen-bond donors (Lipinski definition) is 0. The van der Waals surface area contributed by atoms with Gasteiger partial charge in [-0.3, -0.25) is 4.79 Å². The lowest BCUT2D eigenvalue weighted by atomic mass is 9.94. The predicted molar refractivity (Wildman–Crippen MR) is 96.8 cm³/mol. The van der Waals surface area contributed by atoms with Gasteiger partial charge in [-0.05, 0) is 42.2 Å². The molecule has 0 spiro atoms. The maximum Gasteiger partial charge on any atom is 0.150 e. The zero-order valence-electron chi connectivity index (χ0n) is 14.0. The summed E-state index contributed by atoms with van der Waals surface area (Å²) in [6.07, 6.45) is 5.99. The number of carbonyl (C=O) groups is 1. The van der Waals surface area contributed by atoms with E-state index in [9.17, 15) is 4.79 Å². The molecule has 1 atom stereocenters. The molecule has 2 aromatic rings. The molecule has 118 valence electrons. The van der Waals surface area contributed by atoms with E-state index < -0.39 is 0 Å². The SMILES string of the molecule is CCCCCC(C)c1ccc(C#Cc2ccc(C=O)cc2)cc1. The Morgan fingerprint density at radius 3 is 2.00 bits per heavy atom. The molecular formula is C22H24O. The summed E-state index contributed by atoms with van der Waals surface area (Å²) in [5.74, 6) is 6.93. The molecule has 0 radical (unpaired) electrons. The van der Waals surface area contributed by atoms with Crippen molar-refractivity contribution in [2.45, 2.75) is 45.4 Å². The number of hydrogen-bond acceptors (Lipinski definition) is 1. The summed E-state index contributed by atoms with van der Waals surface area (Å²) >= 11 is 0. The molecule has 0 heterocycles. The summed E-state index contributed by atoms with van der Waals surface area (Å²) in [4.78, 5) is 10.6. The molecule has 1 heteroatoms. The van der Waals surface area contributed by atoms with Gasteiger partial charge in [0.05, 0.1) is 0 Å². The minimum Gasteiger partial charge on any atom is -0.298 e. The third kappa shape index (κ3) is 5.42. The van der Waals surface area contributed by atoms with Gasteiger partial charge in [0.25, 0.3) is 0 Å². The van der Waals surface area contributed by atoms with Crippen LogP contribution in [0.5, 0.6) is 0 Å². The van der Waals surface area contributed by atoms with Crippen LogP contribution >= 0.6 is 0 Å². The molecule has 1 nitrogen and oxygen atoms in total. The molecule has 0 fully saturated rings. The topological polar surface area (TPSA) is 17.1 Å². The van der Waals surface area contributed by atoms with Gasteiger partial charge < -0.3 is 0 Å². The van der Waals surface area contributed by atoms with Gasteiger partial charge in [0, 0.05) is 16.7 Å². The van der Waals surface area contributed by atoms with Crippen molar-refractivity contribution in [3.8, 4) is 11.8 Å². The van der Waals surface area contributed by atoms with Crippen molar-refractivity contribution in [3.63, 3.8) is 0 Å². The Balaban J connectivity index is 1.99. The third-order valence-electron chi connectivity index (χ3n) is 4.12. The lowest BCUT2D eigenvalue weighted by molar-refractivity contribution is 0.112. The van der Waals surface area contributed by atoms with E-state index in [2.05, 4.69) is 50.0 Å². The van der Waals surface area contributed by atoms with Crippen molar-refractivity contribution >= 4 is 6.29 Å². The van der Waals surface area contributed by atoms with Crippen molar-refractivity contribution in [2.75, 3.05) is 0 Å². The van der Waals surface area contributed by atoms with E-state index in [0.717, 1.165) is 17.4 Å². The molecule has 0 aliphatic heterocycles. The Labute approximate surface area is 139 Å². The van der Waals surface area contributed by atoms with E-state index in [1.54, 1.807) is 12.1 Å². The normalized spacial score (nSPS) is 11.4. The Bertz CT molecular complexity index is 669. The van der Waals surface area contributed by atoms with Crippen LogP contribution in [0.1, 0.15) is 72.5 Å². The molecule has 2 aromatic carbocycles. The highest BCUT2D eigenvalue weighted by Gasteiger charge is 2.04. The molecule has 0 aliphatic rings. The summed E-state index contributed by atoms with van der Waals surface area (Å²) in [6, 6.07) is 15.9. The van der Waals surface area contributed by atoms with Gasteiger partial charge in [0.1, 0.15) is 6.29 Å². The van der Waals surface area contributed by atoms with Crippen molar-refractivity contribution in [3.05, 3.63) is 70.8 Å². The first kappa shape index (κ1) is 17.0. The van der Waals surface area contributed by atoms with Gasteiger partial charge in [-0.2, -0.15) is 0 Å². The fourth-order valence-corrected chi connectivity index (χ4v) is 2.55. The van der Waals surface area contributed by atoms with Crippen molar-refractivity contribution in [1.29, 1.82) is 0 Å². The first-order valence-electron chi connectivity index (χ1n) is 8.40. The maximum atomic E-state index is 10.6. The Morgan fingerprint density at radius 1 is 0.913 bits per heavy atom. The fraction of sp³-hybridized carbons (Fsp3) is 0.318. The highest BCUT2D eigenvalue weighted by atomic mass is 16.1. The van der Waals surface area contributed by atoms with E-state index in [-0.39, 0.29) is 0 Å². The Kier molecular flexibility index (Phi) is 6.63. The molecule has 0 N–H and O–H groups in total. The molecule has 0 aromatic heterocycles. The summed E-state index contributed by atoms with van der Waals surface area (Å²) in [5, 5.41) is 0. The third-order valence-corrected chi connectivity index (χ3v) is 4.12. The lowest BCUT2D eigenvalue weighted by Crippen LogP contribution is -1.93. The second-order valence-electron chi connectivity index (χ2n) is 6.01. The predicted octanol–water partition coefficient (Wildman–Crippen LogP) is 5.58. The molecule has 2 rings (SSSR count). The minimum atomic E-state index is 0.611. The van der Waals surface area contributed by atoms with Crippen molar-refractivity contribution < 1.29 is 4.79 Å². The molecule has 0 amide bonds. The smallest absolute Gasteiger partial charge is 0.150 e. The van der Waals surface area contributed by atoms with Crippen LogP contribution in [0.2, 0.25) is 0 Å². The van der Waals surface area contributed by atoms with Crippen LogP contribution < -0.4 is 0 Å². The number of aldehydes is 1. The fourth-order valence-electron chi connectivity index (χ4n) is 2.55. The highest BCUT2D eigenvalue weighted by Crippen LogP contribution is 2.22. The largest absolute Gasteiger partial charge is 0.298 e. The van der Waals surface area contributed by atoms with Crippen LogP contribution in [0, 0.1) is 11.8 Å². The van der Waals surface area contributed by atoms with Crippen molar-refractivity contribution in [2.24, 2.45) is 0 Å². The maximum absolute atomic E-state index is 10.6. The summed E-state index contributed by atoms with van der Waals surface area (Å²) < 4.78 is 0. The summed E-state index contributed by atoms with van der Waals surface area (Å²) in [5.41, 5.74) is 4.01. The first-order valence-corrected chi connectivity index (χ1v) is 8.40. The van der Waals surface area contributed by atoms with E-state index in [1.165, 1.54) is 31.2 Å². The minimum absolute atomic E-state index is 0.611. The molecule has 0 bridgehead atoms. The number of rotatable bonds is 6. The lowest BCUT2D eigenvalue weighted by Gasteiger charge is -2.11. The molecule has 23 heavy (non-hydrogen) atoms. The van der Waals surface area contributed by atoms with Crippen LogP contribution in [0.3, 0.4) is 0 Å². The van der Waals surface area contributed by atoms with Gasteiger partial charge in [-0.25, -0.2) is 0 Å². The number of benzene rings is 2.